The van der Waals surface area contributed by atoms with Crippen LogP contribution in [-0.2, 0) is 20.0 Å². The van der Waals surface area contributed by atoms with Crippen LogP contribution in [-0.4, -0.2) is 30.5 Å². The summed E-state index contributed by atoms with van der Waals surface area (Å²) in [5.41, 5.74) is 0.530. The van der Waals surface area contributed by atoms with E-state index < -0.39 is 20.0 Å². The molecular formula is C16H20BrN3O5S2. The minimum atomic E-state index is -3.99. The summed E-state index contributed by atoms with van der Waals surface area (Å²) >= 11 is 3.25. The summed E-state index contributed by atoms with van der Waals surface area (Å²) < 4.78 is 56.7. The summed E-state index contributed by atoms with van der Waals surface area (Å²) in [4.78, 5) is -0.212. The van der Waals surface area contributed by atoms with Crippen molar-refractivity contribution in [1.82, 2.24) is 0 Å². The first-order chi connectivity index (χ1) is 12.6. The number of nitrogens with one attached hydrogen (secondary N) is 2. The number of hydrogen-bond acceptors (Lipinski definition) is 6. The van der Waals surface area contributed by atoms with Gasteiger partial charge >= 0.3 is 0 Å². The molecule has 0 spiro atoms. The Morgan fingerprint density at radius 3 is 2.26 bits per heavy atom. The first kappa shape index (κ1) is 21.5. The highest BCUT2D eigenvalue weighted by Gasteiger charge is 2.19. The van der Waals surface area contributed by atoms with Gasteiger partial charge < -0.3 is 10.1 Å². The van der Waals surface area contributed by atoms with Crippen LogP contribution < -0.4 is 19.9 Å². The molecule has 8 nitrogen and oxygen atoms in total. The van der Waals surface area contributed by atoms with E-state index in [2.05, 4.69) is 26.0 Å². The highest BCUT2D eigenvalue weighted by molar-refractivity contribution is 9.10. The summed E-state index contributed by atoms with van der Waals surface area (Å²) in [5.74, 6) is 0.482. The van der Waals surface area contributed by atoms with E-state index in [0.717, 1.165) is 6.42 Å². The van der Waals surface area contributed by atoms with Gasteiger partial charge in [-0.25, -0.2) is 22.0 Å². The van der Waals surface area contributed by atoms with E-state index in [1.54, 1.807) is 0 Å². The van der Waals surface area contributed by atoms with Gasteiger partial charge in [0.2, 0.25) is 10.0 Å². The molecule has 27 heavy (non-hydrogen) atoms. The number of nitrogens with two attached hydrogens (primary N) is 1. The van der Waals surface area contributed by atoms with Crippen LogP contribution in [0.4, 0.5) is 11.4 Å². The maximum Gasteiger partial charge on any atom is 0.262 e. The third-order valence-electron chi connectivity index (χ3n) is 3.56. The number of rotatable bonds is 8. The molecule has 0 saturated heterocycles. The zero-order valence-corrected chi connectivity index (χ0v) is 17.9. The Bertz CT molecular complexity index is 1040. The Morgan fingerprint density at radius 2 is 1.70 bits per heavy atom. The monoisotopic (exact) mass is 477 g/mol. The molecule has 11 heteroatoms. The SMILES string of the molecule is CCCNc1ccc(S(N)(=O)=O)cc1NS(=O)(=O)c1ccc(OC)c(Br)c1. The topological polar surface area (TPSA) is 128 Å². The summed E-state index contributed by atoms with van der Waals surface area (Å²) in [6, 6.07) is 8.25. The van der Waals surface area contributed by atoms with Crippen molar-refractivity contribution in [2.24, 2.45) is 5.14 Å². The van der Waals surface area contributed by atoms with E-state index in [4.69, 9.17) is 9.88 Å². The van der Waals surface area contributed by atoms with Crippen LogP contribution in [0.15, 0.2) is 50.7 Å². The van der Waals surface area contributed by atoms with Gasteiger partial charge in [-0.2, -0.15) is 0 Å². The van der Waals surface area contributed by atoms with Gasteiger partial charge in [0.1, 0.15) is 5.75 Å². The predicted octanol–water partition coefficient (Wildman–Crippen LogP) is 2.73. The lowest BCUT2D eigenvalue weighted by atomic mass is 10.2. The maximum atomic E-state index is 12.8. The van der Waals surface area contributed by atoms with Crippen molar-refractivity contribution in [3.8, 4) is 5.75 Å². The summed E-state index contributed by atoms with van der Waals surface area (Å²) in [6.07, 6.45) is 0.800. The molecule has 0 amide bonds. The Balaban J connectivity index is 2.47. The quantitative estimate of drug-likeness (QED) is 0.536. The minimum absolute atomic E-state index is 0.0161. The average molecular weight is 478 g/mol. The fourth-order valence-electron chi connectivity index (χ4n) is 2.22. The second kappa shape index (κ2) is 8.46. The van der Waals surface area contributed by atoms with Crippen LogP contribution in [0.2, 0.25) is 0 Å². The Hall–Kier alpha value is -1.82. The van der Waals surface area contributed by atoms with E-state index >= 15 is 0 Å². The van der Waals surface area contributed by atoms with Gasteiger partial charge in [-0.3, -0.25) is 4.72 Å². The number of methoxy groups -OCH3 is 1. The molecule has 0 radical (unpaired) electrons. The number of primary sulfonamides is 1. The normalized spacial score (nSPS) is 11.9. The van der Waals surface area contributed by atoms with Crippen molar-refractivity contribution in [3.63, 3.8) is 0 Å². The molecule has 0 aliphatic carbocycles. The largest absolute Gasteiger partial charge is 0.496 e. The molecule has 0 aliphatic heterocycles. The third kappa shape index (κ3) is 5.34. The molecule has 0 saturated carbocycles. The Morgan fingerprint density at radius 1 is 1.04 bits per heavy atom. The molecular weight excluding hydrogens is 458 g/mol. The Labute approximate surface area is 167 Å². The van der Waals surface area contributed by atoms with Gasteiger partial charge in [0, 0.05) is 6.54 Å². The second-order valence-corrected chi connectivity index (χ2v) is 9.68. The van der Waals surface area contributed by atoms with Crippen LogP contribution in [0.25, 0.3) is 0 Å². The van der Waals surface area contributed by atoms with Gasteiger partial charge in [0.25, 0.3) is 10.0 Å². The fraction of sp³-hybridized carbons (Fsp3) is 0.250. The fourth-order valence-corrected chi connectivity index (χ4v) is 4.55. The molecule has 2 aromatic carbocycles. The zero-order chi connectivity index (χ0) is 20.2. The molecule has 0 bridgehead atoms. The number of benzene rings is 2. The lowest BCUT2D eigenvalue weighted by Gasteiger charge is -2.15. The standard InChI is InChI=1S/C16H20BrN3O5S2/c1-3-8-19-14-6-4-11(26(18,21)22)10-15(14)20-27(23,24)12-5-7-16(25-2)13(17)9-12/h4-7,9-10,19-20H,3,8H2,1-2H3,(H2,18,21,22). The van der Waals surface area contributed by atoms with Crippen molar-refractivity contribution in [2.75, 3.05) is 23.7 Å². The van der Waals surface area contributed by atoms with Crippen molar-refractivity contribution in [2.45, 2.75) is 23.1 Å². The van der Waals surface area contributed by atoms with Gasteiger partial charge in [0.05, 0.1) is 32.7 Å². The number of halogens is 1. The zero-order valence-electron chi connectivity index (χ0n) is 14.7. The third-order valence-corrected chi connectivity index (χ3v) is 6.46. The first-order valence-electron chi connectivity index (χ1n) is 7.85. The summed E-state index contributed by atoms with van der Waals surface area (Å²) in [5, 5.41) is 8.21. The van der Waals surface area contributed by atoms with E-state index in [1.807, 2.05) is 6.92 Å². The smallest absolute Gasteiger partial charge is 0.262 e. The molecule has 0 atom stereocenters. The van der Waals surface area contributed by atoms with Crippen LogP contribution in [0.5, 0.6) is 5.75 Å². The highest BCUT2D eigenvalue weighted by atomic mass is 79.9. The van der Waals surface area contributed by atoms with E-state index in [1.165, 1.54) is 43.5 Å². The molecule has 0 aliphatic rings. The van der Waals surface area contributed by atoms with Gasteiger partial charge in [-0.15, -0.1) is 0 Å². The van der Waals surface area contributed by atoms with Gasteiger partial charge in [0.15, 0.2) is 0 Å². The molecule has 148 valence electrons. The summed E-state index contributed by atoms with van der Waals surface area (Å²) in [6.45, 7) is 2.53. The van der Waals surface area contributed by atoms with Gasteiger partial charge in [-0.1, -0.05) is 6.92 Å². The van der Waals surface area contributed by atoms with Crippen molar-refractivity contribution >= 4 is 47.4 Å². The van der Waals surface area contributed by atoms with E-state index in [-0.39, 0.29) is 15.5 Å². The van der Waals surface area contributed by atoms with Crippen LogP contribution >= 0.6 is 15.9 Å². The first-order valence-corrected chi connectivity index (χ1v) is 11.7. The average Bonchev–Trinajstić information content (AvgIpc) is 2.59. The summed E-state index contributed by atoms with van der Waals surface area (Å²) in [7, 11) is -6.50. The minimum Gasteiger partial charge on any atom is -0.496 e. The molecule has 0 heterocycles. The molecule has 0 unspecified atom stereocenters. The lowest BCUT2D eigenvalue weighted by Crippen LogP contribution is -2.17. The molecule has 0 aromatic heterocycles. The van der Waals surface area contributed by atoms with Gasteiger partial charge in [-0.05, 0) is 58.7 Å². The van der Waals surface area contributed by atoms with Crippen LogP contribution in [0.3, 0.4) is 0 Å². The van der Waals surface area contributed by atoms with E-state index in [0.29, 0.717) is 22.5 Å². The maximum absolute atomic E-state index is 12.8. The van der Waals surface area contributed by atoms with Crippen molar-refractivity contribution < 1.29 is 21.6 Å². The van der Waals surface area contributed by atoms with Crippen molar-refractivity contribution in [1.29, 1.82) is 0 Å². The molecule has 2 aromatic rings. The highest BCUT2D eigenvalue weighted by Crippen LogP contribution is 2.31. The molecule has 4 N–H and O–H groups in total. The number of hydrogen-bond donors (Lipinski definition) is 3. The lowest BCUT2D eigenvalue weighted by molar-refractivity contribution is 0.411. The predicted molar refractivity (Wildman–Crippen MR) is 108 cm³/mol. The molecule has 2 rings (SSSR count). The van der Waals surface area contributed by atoms with Crippen LogP contribution in [0, 0.1) is 0 Å². The molecule has 0 fully saturated rings. The number of ether oxygens (including phenoxy) is 1. The van der Waals surface area contributed by atoms with Crippen molar-refractivity contribution in [3.05, 3.63) is 40.9 Å². The Kier molecular flexibility index (Phi) is 6.73. The van der Waals surface area contributed by atoms with E-state index in [9.17, 15) is 16.8 Å². The number of anilines is 2. The second-order valence-electron chi connectivity index (χ2n) is 5.58. The number of sulfonamides is 2. The van der Waals surface area contributed by atoms with Crippen LogP contribution in [0.1, 0.15) is 13.3 Å².